The van der Waals surface area contributed by atoms with E-state index in [2.05, 4.69) is 5.10 Å². The molecule has 2 atom stereocenters. The first kappa shape index (κ1) is 14.4. The molecule has 0 N–H and O–H groups in total. The van der Waals surface area contributed by atoms with Gasteiger partial charge in [-0.05, 0) is 37.1 Å². The summed E-state index contributed by atoms with van der Waals surface area (Å²) >= 11 is 0. The third-order valence-electron chi connectivity index (χ3n) is 4.01. The van der Waals surface area contributed by atoms with Crippen LogP contribution in [0.25, 0.3) is 0 Å². The van der Waals surface area contributed by atoms with Crippen LogP contribution in [0.5, 0.6) is 0 Å². The maximum Gasteiger partial charge on any atom is 0.256 e. The average Bonchev–Trinajstić information content (AvgIpc) is 2.83. The van der Waals surface area contributed by atoms with Crippen LogP contribution in [-0.2, 0) is 4.79 Å². The van der Waals surface area contributed by atoms with E-state index in [0.717, 1.165) is 16.8 Å². The van der Waals surface area contributed by atoms with Crippen molar-refractivity contribution in [1.29, 1.82) is 0 Å². The number of hydrogen-bond donors (Lipinski definition) is 0. The molecule has 1 aliphatic heterocycles. The molecular formula is C18H17FN2O. The first-order valence-corrected chi connectivity index (χ1v) is 7.26. The highest BCUT2D eigenvalue weighted by atomic mass is 19.1. The Bertz CT molecular complexity index is 710. The predicted octanol–water partition coefficient (Wildman–Crippen LogP) is 3.89. The molecule has 1 aliphatic rings. The van der Waals surface area contributed by atoms with E-state index in [1.54, 1.807) is 12.1 Å². The van der Waals surface area contributed by atoms with Gasteiger partial charge in [-0.25, -0.2) is 9.40 Å². The Labute approximate surface area is 129 Å². The van der Waals surface area contributed by atoms with E-state index >= 15 is 0 Å². The summed E-state index contributed by atoms with van der Waals surface area (Å²) in [5.41, 5.74) is 2.59. The van der Waals surface area contributed by atoms with Gasteiger partial charge in [0.1, 0.15) is 11.7 Å². The van der Waals surface area contributed by atoms with Crippen LogP contribution in [0, 0.1) is 5.82 Å². The van der Waals surface area contributed by atoms with Gasteiger partial charge < -0.3 is 0 Å². The molecule has 0 aliphatic carbocycles. The normalized spacial score (nSPS) is 19.2. The number of benzene rings is 2. The molecule has 0 saturated heterocycles. The summed E-state index contributed by atoms with van der Waals surface area (Å²) in [7, 11) is 0. The molecule has 0 saturated carbocycles. The molecule has 1 amide bonds. The van der Waals surface area contributed by atoms with E-state index in [4.69, 9.17) is 0 Å². The molecule has 22 heavy (non-hydrogen) atoms. The summed E-state index contributed by atoms with van der Waals surface area (Å²) in [6, 6.07) is 15.6. The van der Waals surface area contributed by atoms with Crippen molar-refractivity contribution < 1.29 is 9.18 Å². The SMILES string of the molecule is CC1=NN(C(C)c2ccc(F)cc2)C(=O)C1c1ccccc1. The van der Waals surface area contributed by atoms with Gasteiger partial charge in [-0.1, -0.05) is 42.5 Å². The Morgan fingerprint density at radius 2 is 1.73 bits per heavy atom. The summed E-state index contributed by atoms with van der Waals surface area (Å²) in [5, 5.41) is 5.93. The van der Waals surface area contributed by atoms with Crippen molar-refractivity contribution in [3.05, 3.63) is 71.5 Å². The monoisotopic (exact) mass is 296 g/mol. The molecule has 0 aromatic heterocycles. The summed E-state index contributed by atoms with van der Waals surface area (Å²) in [5.74, 6) is -0.657. The lowest BCUT2D eigenvalue weighted by Gasteiger charge is -2.22. The molecule has 1 heterocycles. The molecule has 3 nitrogen and oxygen atoms in total. The van der Waals surface area contributed by atoms with E-state index < -0.39 is 0 Å². The minimum atomic E-state index is -0.330. The number of hydrogen-bond acceptors (Lipinski definition) is 2. The van der Waals surface area contributed by atoms with Crippen molar-refractivity contribution in [2.24, 2.45) is 5.10 Å². The lowest BCUT2D eigenvalue weighted by molar-refractivity contribution is -0.131. The van der Waals surface area contributed by atoms with Crippen LogP contribution in [0.4, 0.5) is 4.39 Å². The second-order valence-electron chi connectivity index (χ2n) is 5.50. The van der Waals surface area contributed by atoms with Crippen LogP contribution < -0.4 is 0 Å². The van der Waals surface area contributed by atoms with E-state index in [9.17, 15) is 9.18 Å². The van der Waals surface area contributed by atoms with Gasteiger partial charge in [-0.15, -0.1) is 0 Å². The molecule has 0 radical (unpaired) electrons. The van der Waals surface area contributed by atoms with Crippen LogP contribution in [0.15, 0.2) is 59.7 Å². The second kappa shape index (κ2) is 5.72. The second-order valence-corrected chi connectivity index (χ2v) is 5.50. The number of halogens is 1. The lowest BCUT2D eigenvalue weighted by Crippen LogP contribution is -2.28. The average molecular weight is 296 g/mol. The first-order valence-electron chi connectivity index (χ1n) is 7.26. The molecular weight excluding hydrogens is 279 g/mol. The van der Waals surface area contributed by atoms with E-state index in [1.807, 2.05) is 44.2 Å². The van der Waals surface area contributed by atoms with Gasteiger partial charge in [0, 0.05) is 0 Å². The van der Waals surface area contributed by atoms with Crippen LogP contribution >= 0.6 is 0 Å². The van der Waals surface area contributed by atoms with Gasteiger partial charge in [-0.2, -0.15) is 5.10 Å². The van der Waals surface area contributed by atoms with Crippen molar-refractivity contribution in [2.45, 2.75) is 25.8 Å². The Kier molecular flexibility index (Phi) is 3.75. The standard InChI is InChI=1S/C18H17FN2O/c1-12-17(15-6-4-3-5-7-15)18(22)21(20-12)13(2)14-8-10-16(19)11-9-14/h3-11,13,17H,1-2H3. The van der Waals surface area contributed by atoms with E-state index in [-0.39, 0.29) is 23.7 Å². The zero-order valence-corrected chi connectivity index (χ0v) is 12.5. The van der Waals surface area contributed by atoms with Crippen LogP contribution in [-0.4, -0.2) is 16.6 Å². The zero-order valence-electron chi connectivity index (χ0n) is 12.5. The molecule has 0 bridgehead atoms. The maximum absolute atomic E-state index is 13.0. The molecule has 112 valence electrons. The molecule has 2 aromatic rings. The molecule has 4 heteroatoms. The maximum atomic E-state index is 13.0. The quantitative estimate of drug-likeness (QED) is 0.845. The van der Waals surface area contributed by atoms with Gasteiger partial charge in [0.15, 0.2) is 0 Å². The Morgan fingerprint density at radius 1 is 1.09 bits per heavy atom. The van der Waals surface area contributed by atoms with Crippen molar-refractivity contribution in [2.75, 3.05) is 0 Å². The molecule has 3 rings (SSSR count). The predicted molar refractivity (Wildman–Crippen MR) is 84.0 cm³/mol. The van der Waals surface area contributed by atoms with E-state index in [1.165, 1.54) is 17.1 Å². The van der Waals surface area contributed by atoms with Crippen LogP contribution in [0.2, 0.25) is 0 Å². The van der Waals surface area contributed by atoms with Gasteiger partial charge in [0.25, 0.3) is 5.91 Å². The van der Waals surface area contributed by atoms with Gasteiger partial charge in [0.2, 0.25) is 0 Å². The Morgan fingerprint density at radius 3 is 2.36 bits per heavy atom. The fourth-order valence-corrected chi connectivity index (χ4v) is 2.78. The number of nitrogens with zero attached hydrogens (tertiary/aromatic N) is 2. The van der Waals surface area contributed by atoms with Crippen molar-refractivity contribution in [3.63, 3.8) is 0 Å². The van der Waals surface area contributed by atoms with Gasteiger partial charge >= 0.3 is 0 Å². The largest absolute Gasteiger partial charge is 0.272 e. The van der Waals surface area contributed by atoms with Crippen molar-refractivity contribution in [3.8, 4) is 0 Å². The zero-order chi connectivity index (χ0) is 15.7. The number of carbonyl (C=O) groups is 1. The lowest BCUT2D eigenvalue weighted by atomic mass is 9.94. The molecule has 0 spiro atoms. The van der Waals surface area contributed by atoms with Crippen LogP contribution in [0.1, 0.15) is 36.9 Å². The number of hydrazone groups is 1. The smallest absolute Gasteiger partial charge is 0.256 e. The topological polar surface area (TPSA) is 32.7 Å². The highest BCUT2D eigenvalue weighted by Gasteiger charge is 2.37. The number of carbonyl (C=O) groups excluding carboxylic acids is 1. The summed E-state index contributed by atoms with van der Waals surface area (Å²) in [6.45, 7) is 3.77. The van der Waals surface area contributed by atoms with Crippen molar-refractivity contribution >= 4 is 11.6 Å². The third-order valence-corrected chi connectivity index (χ3v) is 4.01. The molecule has 0 fully saturated rings. The molecule has 2 aromatic carbocycles. The fraction of sp³-hybridized carbons (Fsp3) is 0.222. The highest BCUT2D eigenvalue weighted by molar-refractivity contribution is 6.11. The minimum Gasteiger partial charge on any atom is -0.272 e. The Hall–Kier alpha value is -2.49. The fourth-order valence-electron chi connectivity index (χ4n) is 2.78. The minimum absolute atomic E-state index is 0.0412. The van der Waals surface area contributed by atoms with Gasteiger partial charge in [-0.3, -0.25) is 4.79 Å². The summed E-state index contributed by atoms with van der Waals surface area (Å²) in [4.78, 5) is 12.7. The van der Waals surface area contributed by atoms with Crippen LogP contribution in [0.3, 0.4) is 0 Å². The summed E-state index contributed by atoms with van der Waals surface area (Å²) in [6.07, 6.45) is 0. The number of rotatable bonds is 3. The molecule has 2 unspecified atom stereocenters. The first-order chi connectivity index (χ1) is 10.6. The van der Waals surface area contributed by atoms with Gasteiger partial charge in [0.05, 0.1) is 11.8 Å². The highest BCUT2D eigenvalue weighted by Crippen LogP contribution is 2.32. The van der Waals surface area contributed by atoms with E-state index in [0.29, 0.717) is 0 Å². The number of amides is 1. The van der Waals surface area contributed by atoms with Crippen molar-refractivity contribution in [1.82, 2.24) is 5.01 Å². The summed E-state index contributed by atoms with van der Waals surface area (Å²) < 4.78 is 13.0. The third kappa shape index (κ3) is 2.52. The Balaban J connectivity index is 1.88.